The molecule has 0 radical (unpaired) electrons. The van der Waals surface area contributed by atoms with Crippen molar-refractivity contribution in [2.24, 2.45) is 0 Å². The van der Waals surface area contributed by atoms with Gasteiger partial charge >= 0.3 is 0 Å². The fourth-order valence-corrected chi connectivity index (χ4v) is 3.31. The van der Waals surface area contributed by atoms with Crippen LogP contribution in [0.5, 0.6) is 0 Å². The number of nitrogens with one attached hydrogen (secondary N) is 1. The Labute approximate surface area is 167 Å². The number of hydrogen-bond donors (Lipinski definition) is 1. The van der Waals surface area contributed by atoms with Crippen LogP contribution in [0.25, 0.3) is 10.9 Å². The Hall–Kier alpha value is -3.26. The molecule has 0 aliphatic rings. The summed E-state index contributed by atoms with van der Waals surface area (Å²) in [5.41, 5.74) is 1.61. The Balaban J connectivity index is 1.76. The quantitative estimate of drug-likeness (QED) is 0.649. The molecule has 152 valence electrons. The van der Waals surface area contributed by atoms with Gasteiger partial charge in [0, 0.05) is 32.4 Å². The molecule has 1 amide bonds. The Bertz CT molecular complexity index is 1160. The van der Waals surface area contributed by atoms with Crippen molar-refractivity contribution in [3.63, 3.8) is 0 Å². The van der Waals surface area contributed by atoms with Crippen LogP contribution in [-0.4, -0.2) is 40.3 Å². The largest absolute Gasteiger partial charge is 0.383 e. The minimum absolute atomic E-state index is 0.107. The maximum Gasteiger partial charge on any atom is 0.263 e. The summed E-state index contributed by atoms with van der Waals surface area (Å²) in [5.74, 6) is -0.458. The molecule has 0 aliphatic carbocycles. The lowest BCUT2D eigenvalue weighted by Crippen LogP contribution is -2.37. The summed E-state index contributed by atoms with van der Waals surface area (Å²) in [4.78, 5) is 42.2. The number of pyridine rings is 1. The van der Waals surface area contributed by atoms with Gasteiger partial charge in [-0.1, -0.05) is 12.1 Å². The molecule has 2 heterocycles. The second kappa shape index (κ2) is 8.83. The van der Waals surface area contributed by atoms with Crippen LogP contribution in [0.4, 0.5) is 0 Å². The molecule has 3 aromatic rings. The van der Waals surface area contributed by atoms with Crippen LogP contribution in [0.2, 0.25) is 0 Å². The highest BCUT2D eigenvalue weighted by molar-refractivity contribution is 5.95. The van der Waals surface area contributed by atoms with Gasteiger partial charge in [0.2, 0.25) is 0 Å². The van der Waals surface area contributed by atoms with Crippen molar-refractivity contribution < 1.29 is 9.53 Å². The fraction of sp³-hybridized carbons (Fsp3) is 0.333. The average Bonchev–Trinajstić information content (AvgIpc) is 2.69. The van der Waals surface area contributed by atoms with Crippen LogP contribution in [0.15, 0.2) is 46.2 Å². The second-order valence-corrected chi connectivity index (χ2v) is 6.81. The smallest absolute Gasteiger partial charge is 0.263 e. The maximum absolute atomic E-state index is 12.8. The highest BCUT2D eigenvalue weighted by Gasteiger charge is 2.17. The topological polar surface area (TPSA) is 95.2 Å². The van der Waals surface area contributed by atoms with E-state index >= 15 is 0 Å². The highest BCUT2D eigenvalue weighted by Crippen LogP contribution is 2.07. The Morgan fingerprint density at radius 1 is 1.14 bits per heavy atom. The number of hydrogen-bond acceptors (Lipinski definition) is 5. The molecule has 29 heavy (non-hydrogen) atoms. The van der Waals surface area contributed by atoms with E-state index in [0.717, 1.165) is 5.69 Å². The number of carbonyl (C=O) groups is 1. The number of nitrogens with zero attached hydrogens (tertiary/aromatic N) is 3. The number of amides is 1. The monoisotopic (exact) mass is 396 g/mol. The van der Waals surface area contributed by atoms with Crippen molar-refractivity contribution >= 4 is 16.8 Å². The summed E-state index contributed by atoms with van der Waals surface area (Å²) in [5, 5.41) is 3.26. The van der Waals surface area contributed by atoms with Crippen molar-refractivity contribution in [1.82, 2.24) is 19.4 Å². The van der Waals surface area contributed by atoms with E-state index in [1.54, 1.807) is 32.2 Å². The van der Waals surface area contributed by atoms with E-state index < -0.39 is 5.91 Å². The Morgan fingerprint density at radius 2 is 1.90 bits per heavy atom. The van der Waals surface area contributed by atoms with Gasteiger partial charge in [0.1, 0.15) is 5.56 Å². The molecule has 0 saturated carbocycles. The number of ether oxygens (including phenoxy) is 1. The summed E-state index contributed by atoms with van der Waals surface area (Å²) in [6.45, 7) is 4.77. The molecule has 8 nitrogen and oxygen atoms in total. The van der Waals surface area contributed by atoms with Crippen LogP contribution in [0, 0.1) is 13.8 Å². The van der Waals surface area contributed by atoms with E-state index in [9.17, 15) is 14.4 Å². The second-order valence-electron chi connectivity index (χ2n) is 6.81. The molecule has 1 aromatic carbocycles. The van der Waals surface area contributed by atoms with E-state index in [1.807, 2.05) is 19.1 Å². The molecular weight excluding hydrogens is 372 g/mol. The molecule has 0 fully saturated rings. The molecule has 0 spiro atoms. The van der Waals surface area contributed by atoms with E-state index in [0.29, 0.717) is 29.6 Å². The van der Waals surface area contributed by atoms with Gasteiger partial charge < -0.3 is 14.6 Å². The minimum atomic E-state index is -0.458. The third-order valence-corrected chi connectivity index (χ3v) is 4.82. The summed E-state index contributed by atoms with van der Waals surface area (Å²) in [7, 11) is 1.56. The Kier molecular flexibility index (Phi) is 6.23. The number of para-hydroxylation sites is 1. The molecular formula is C21H24N4O4. The van der Waals surface area contributed by atoms with Gasteiger partial charge in [-0.05, 0) is 37.6 Å². The third kappa shape index (κ3) is 4.27. The number of carbonyl (C=O) groups excluding carboxylic acids is 1. The third-order valence-electron chi connectivity index (χ3n) is 4.82. The minimum Gasteiger partial charge on any atom is -0.383 e. The normalized spacial score (nSPS) is 11.0. The van der Waals surface area contributed by atoms with Crippen molar-refractivity contribution in [2.75, 3.05) is 20.3 Å². The van der Waals surface area contributed by atoms with Crippen LogP contribution in [0.1, 0.15) is 21.6 Å². The molecule has 0 aliphatic heterocycles. The van der Waals surface area contributed by atoms with Crippen molar-refractivity contribution in [1.29, 1.82) is 0 Å². The lowest BCUT2D eigenvalue weighted by Gasteiger charge is -2.14. The predicted molar refractivity (Wildman–Crippen MR) is 110 cm³/mol. The summed E-state index contributed by atoms with van der Waals surface area (Å²) in [6.07, 6.45) is 1.46. The first-order chi connectivity index (χ1) is 13.9. The number of aromatic nitrogens is 3. The molecule has 1 N–H and O–H groups in total. The zero-order chi connectivity index (χ0) is 21.0. The van der Waals surface area contributed by atoms with Crippen LogP contribution in [0.3, 0.4) is 0 Å². The first-order valence-electron chi connectivity index (χ1n) is 9.36. The number of benzene rings is 1. The summed E-state index contributed by atoms with van der Waals surface area (Å²) >= 11 is 0. The van der Waals surface area contributed by atoms with E-state index in [-0.39, 0.29) is 29.8 Å². The zero-order valence-corrected chi connectivity index (χ0v) is 16.8. The van der Waals surface area contributed by atoms with Crippen LogP contribution in [-0.2, 0) is 17.8 Å². The standard InChI is InChI=1S/C21H24N4O4/c1-14-12-15(2)25(10-11-29-3)21(28)18(14)19(26)22-8-9-24-13-23-17-7-5-4-6-16(17)20(24)27/h4-7,12-13H,8-11H2,1-3H3,(H,22,26). The number of aryl methyl sites for hydroxylation is 2. The van der Waals surface area contributed by atoms with Crippen LogP contribution >= 0.6 is 0 Å². The van der Waals surface area contributed by atoms with Gasteiger partial charge in [-0.2, -0.15) is 0 Å². The van der Waals surface area contributed by atoms with Gasteiger partial charge in [-0.3, -0.25) is 19.0 Å². The van der Waals surface area contributed by atoms with Crippen molar-refractivity contribution in [2.45, 2.75) is 26.9 Å². The molecule has 0 unspecified atom stereocenters. The molecule has 0 bridgehead atoms. The first kappa shape index (κ1) is 20.5. The van der Waals surface area contributed by atoms with Gasteiger partial charge in [0.15, 0.2) is 0 Å². The van der Waals surface area contributed by atoms with Gasteiger partial charge in [0.25, 0.3) is 17.0 Å². The van der Waals surface area contributed by atoms with Gasteiger partial charge in [-0.15, -0.1) is 0 Å². The van der Waals surface area contributed by atoms with E-state index in [2.05, 4.69) is 10.3 Å². The van der Waals surface area contributed by atoms with Crippen molar-refractivity contribution in [3.05, 3.63) is 74.2 Å². The maximum atomic E-state index is 12.8. The summed E-state index contributed by atoms with van der Waals surface area (Å²) in [6, 6.07) is 8.91. The van der Waals surface area contributed by atoms with E-state index in [4.69, 9.17) is 4.74 Å². The lowest BCUT2D eigenvalue weighted by molar-refractivity contribution is 0.0949. The summed E-state index contributed by atoms with van der Waals surface area (Å²) < 4.78 is 8.02. The Morgan fingerprint density at radius 3 is 2.66 bits per heavy atom. The molecule has 0 atom stereocenters. The molecule has 8 heteroatoms. The van der Waals surface area contributed by atoms with Gasteiger partial charge in [0.05, 0.1) is 23.8 Å². The number of rotatable bonds is 7. The first-order valence-corrected chi connectivity index (χ1v) is 9.36. The molecule has 3 rings (SSSR count). The number of methoxy groups -OCH3 is 1. The lowest BCUT2D eigenvalue weighted by atomic mass is 10.1. The predicted octanol–water partition coefficient (Wildman–Crippen LogP) is 1.25. The SMILES string of the molecule is COCCn1c(C)cc(C)c(C(=O)NCCn2cnc3ccccc3c2=O)c1=O. The number of fused-ring (bicyclic) bond motifs is 1. The molecule has 0 saturated heterocycles. The van der Waals surface area contributed by atoms with Crippen LogP contribution < -0.4 is 16.4 Å². The zero-order valence-electron chi connectivity index (χ0n) is 16.8. The highest BCUT2D eigenvalue weighted by atomic mass is 16.5. The molecule has 2 aromatic heterocycles. The fourth-order valence-electron chi connectivity index (χ4n) is 3.31. The average molecular weight is 396 g/mol. The van der Waals surface area contributed by atoms with E-state index in [1.165, 1.54) is 15.5 Å². The van der Waals surface area contributed by atoms with Gasteiger partial charge in [-0.25, -0.2) is 4.98 Å². The van der Waals surface area contributed by atoms with Crippen molar-refractivity contribution in [3.8, 4) is 0 Å².